The maximum Gasteiger partial charge on any atom is 0.264 e. The number of carbonyl (C=O) groups excluding carboxylic acids is 1. The van der Waals surface area contributed by atoms with E-state index in [0.717, 1.165) is 69.3 Å². The van der Waals surface area contributed by atoms with Crippen molar-refractivity contribution in [2.45, 2.75) is 26.3 Å². The number of aryl methyl sites for hydroxylation is 1. The van der Waals surface area contributed by atoms with Crippen molar-refractivity contribution in [3.63, 3.8) is 0 Å². The summed E-state index contributed by atoms with van der Waals surface area (Å²) in [6, 6.07) is 8.22. The smallest absolute Gasteiger partial charge is 0.264 e. The molecule has 4 rings (SSSR count). The lowest BCUT2D eigenvalue weighted by atomic mass is 9.98. The highest BCUT2D eigenvalue weighted by molar-refractivity contribution is 7.13. The number of hydrogen-bond donors (Lipinski definition) is 1. The Bertz CT molecular complexity index is 806. The SMILES string of the molecule is Cc1ccc(C(=O)N2CCN(c3ccc(CN4CCC(CO)CC4)cn3)CC2)s1. The van der Waals surface area contributed by atoms with Crippen LogP contribution in [0.25, 0.3) is 0 Å². The molecule has 0 saturated carbocycles. The van der Waals surface area contributed by atoms with Crippen molar-refractivity contribution >= 4 is 23.1 Å². The van der Waals surface area contributed by atoms with Gasteiger partial charge in [-0.1, -0.05) is 6.07 Å². The molecule has 2 saturated heterocycles. The van der Waals surface area contributed by atoms with Gasteiger partial charge in [-0.3, -0.25) is 9.69 Å². The Morgan fingerprint density at radius 1 is 1.10 bits per heavy atom. The number of aromatic nitrogens is 1. The van der Waals surface area contributed by atoms with Gasteiger partial charge in [0.05, 0.1) is 4.88 Å². The topological polar surface area (TPSA) is 59.9 Å². The van der Waals surface area contributed by atoms with Gasteiger partial charge >= 0.3 is 0 Å². The summed E-state index contributed by atoms with van der Waals surface area (Å²) in [4.78, 5) is 26.0. The normalized spacial score (nSPS) is 19.0. The quantitative estimate of drug-likeness (QED) is 0.815. The Morgan fingerprint density at radius 2 is 1.86 bits per heavy atom. The molecule has 6 nitrogen and oxygen atoms in total. The van der Waals surface area contributed by atoms with Crippen LogP contribution in [0.4, 0.5) is 5.82 Å². The van der Waals surface area contributed by atoms with Crippen molar-refractivity contribution in [3.8, 4) is 0 Å². The molecule has 2 aliphatic rings. The first-order valence-electron chi connectivity index (χ1n) is 10.5. The standard InChI is InChI=1S/C22H30N4O2S/c1-17-2-4-20(29-17)22(28)26-12-10-25(11-13-26)21-5-3-19(14-23-21)15-24-8-6-18(16-27)7-9-24/h2-5,14,18,27H,6-13,15-16H2,1H3. The number of thiophene rings is 1. The average molecular weight is 415 g/mol. The molecule has 1 amide bonds. The van der Waals surface area contributed by atoms with Gasteiger partial charge in [-0.05, 0) is 62.5 Å². The second-order valence-electron chi connectivity index (χ2n) is 8.12. The minimum absolute atomic E-state index is 0.149. The van der Waals surface area contributed by atoms with Crippen LogP contribution in [-0.2, 0) is 6.54 Å². The average Bonchev–Trinajstić information content (AvgIpc) is 3.21. The molecule has 2 aromatic rings. The number of pyridine rings is 1. The van der Waals surface area contributed by atoms with Crippen LogP contribution in [0.2, 0.25) is 0 Å². The van der Waals surface area contributed by atoms with Gasteiger partial charge in [0.15, 0.2) is 0 Å². The summed E-state index contributed by atoms with van der Waals surface area (Å²) < 4.78 is 0. The molecule has 4 heterocycles. The number of piperidine rings is 1. The summed E-state index contributed by atoms with van der Waals surface area (Å²) in [6.07, 6.45) is 4.14. The molecule has 7 heteroatoms. The Labute approximate surface area is 176 Å². The van der Waals surface area contributed by atoms with Crippen LogP contribution < -0.4 is 4.90 Å². The number of amides is 1. The van der Waals surface area contributed by atoms with E-state index in [-0.39, 0.29) is 5.91 Å². The number of rotatable bonds is 5. The van der Waals surface area contributed by atoms with E-state index >= 15 is 0 Å². The molecule has 2 aliphatic heterocycles. The maximum atomic E-state index is 12.6. The van der Waals surface area contributed by atoms with E-state index in [1.807, 2.05) is 30.2 Å². The van der Waals surface area contributed by atoms with Gasteiger partial charge in [0, 0.05) is 50.4 Å². The number of aliphatic hydroxyl groups is 1. The van der Waals surface area contributed by atoms with Gasteiger partial charge < -0.3 is 14.9 Å². The van der Waals surface area contributed by atoms with Gasteiger partial charge in [-0.25, -0.2) is 4.98 Å². The van der Waals surface area contributed by atoms with Crippen LogP contribution in [0, 0.1) is 12.8 Å². The lowest BCUT2D eigenvalue weighted by Crippen LogP contribution is -2.48. The van der Waals surface area contributed by atoms with Crippen LogP contribution in [0.3, 0.4) is 0 Å². The van der Waals surface area contributed by atoms with Crippen LogP contribution in [-0.4, -0.2) is 71.7 Å². The third kappa shape index (κ3) is 4.97. The fourth-order valence-corrected chi connectivity index (χ4v) is 4.96. The van der Waals surface area contributed by atoms with E-state index in [9.17, 15) is 9.90 Å². The Kier molecular flexibility index (Phi) is 6.47. The molecule has 0 bridgehead atoms. The highest BCUT2D eigenvalue weighted by Gasteiger charge is 2.24. The van der Waals surface area contributed by atoms with Crippen LogP contribution in [0.5, 0.6) is 0 Å². The van der Waals surface area contributed by atoms with Crippen LogP contribution >= 0.6 is 11.3 Å². The molecule has 2 aromatic heterocycles. The first-order valence-corrected chi connectivity index (χ1v) is 11.3. The Balaban J connectivity index is 1.27. The summed E-state index contributed by atoms with van der Waals surface area (Å²) >= 11 is 1.57. The van der Waals surface area contributed by atoms with E-state index < -0.39 is 0 Å². The molecular formula is C22H30N4O2S. The zero-order valence-electron chi connectivity index (χ0n) is 17.1. The Morgan fingerprint density at radius 3 is 2.45 bits per heavy atom. The second-order valence-corrected chi connectivity index (χ2v) is 9.40. The predicted molar refractivity (Wildman–Crippen MR) is 116 cm³/mol. The van der Waals surface area contributed by atoms with Crippen molar-refractivity contribution in [2.75, 3.05) is 50.8 Å². The molecule has 2 fully saturated rings. The molecular weight excluding hydrogens is 384 g/mol. The first-order chi connectivity index (χ1) is 14.1. The van der Waals surface area contributed by atoms with Crippen molar-refractivity contribution in [3.05, 3.63) is 45.8 Å². The number of aliphatic hydroxyl groups excluding tert-OH is 1. The van der Waals surface area contributed by atoms with Crippen molar-refractivity contribution in [1.82, 2.24) is 14.8 Å². The van der Waals surface area contributed by atoms with Gasteiger partial charge in [0.25, 0.3) is 5.91 Å². The first kappa shape index (κ1) is 20.3. The third-order valence-electron chi connectivity index (χ3n) is 6.02. The van der Waals surface area contributed by atoms with Gasteiger partial charge in [0.1, 0.15) is 5.82 Å². The summed E-state index contributed by atoms with van der Waals surface area (Å²) in [7, 11) is 0. The number of nitrogens with zero attached hydrogens (tertiary/aromatic N) is 4. The fraction of sp³-hybridized carbons (Fsp3) is 0.545. The van der Waals surface area contributed by atoms with E-state index in [0.29, 0.717) is 12.5 Å². The molecule has 1 N–H and O–H groups in total. The lowest BCUT2D eigenvalue weighted by Gasteiger charge is -2.35. The molecule has 156 valence electrons. The number of hydrogen-bond acceptors (Lipinski definition) is 6. The summed E-state index contributed by atoms with van der Waals surface area (Å²) in [5, 5.41) is 9.27. The second kappa shape index (κ2) is 9.24. The van der Waals surface area contributed by atoms with E-state index in [2.05, 4.69) is 26.9 Å². The van der Waals surface area contributed by atoms with E-state index in [1.165, 1.54) is 10.4 Å². The zero-order chi connectivity index (χ0) is 20.2. The van der Waals surface area contributed by atoms with Crippen LogP contribution in [0.15, 0.2) is 30.5 Å². The van der Waals surface area contributed by atoms with Crippen molar-refractivity contribution in [2.24, 2.45) is 5.92 Å². The fourth-order valence-electron chi connectivity index (χ4n) is 4.13. The largest absolute Gasteiger partial charge is 0.396 e. The molecule has 0 radical (unpaired) electrons. The molecule has 29 heavy (non-hydrogen) atoms. The lowest BCUT2D eigenvalue weighted by molar-refractivity contribution is 0.0751. The molecule has 0 aromatic carbocycles. The number of likely N-dealkylation sites (tertiary alicyclic amines) is 1. The molecule has 0 unspecified atom stereocenters. The van der Waals surface area contributed by atoms with Gasteiger partial charge in [-0.2, -0.15) is 0 Å². The summed E-state index contributed by atoms with van der Waals surface area (Å²) in [5.74, 6) is 1.61. The van der Waals surface area contributed by atoms with Crippen molar-refractivity contribution < 1.29 is 9.90 Å². The van der Waals surface area contributed by atoms with Gasteiger partial charge in [0.2, 0.25) is 0 Å². The Hall–Kier alpha value is -1.96. The maximum absolute atomic E-state index is 12.6. The number of carbonyl (C=O) groups is 1. The summed E-state index contributed by atoms with van der Waals surface area (Å²) in [5.41, 5.74) is 1.23. The van der Waals surface area contributed by atoms with Crippen LogP contribution in [0.1, 0.15) is 33.0 Å². The highest BCUT2D eigenvalue weighted by Crippen LogP contribution is 2.21. The van der Waals surface area contributed by atoms with E-state index in [4.69, 9.17) is 0 Å². The highest BCUT2D eigenvalue weighted by atomic mass is 32.1. The molecule has 0 atom stereocenters. The monoisotopic (exact) mass is 414 g/mol. The van der Waals surface area contributed by atoms with E-state index in [1.54, 1.807) is 11.3 Å². The zero-order valence-corrected chi connectivity index (χ0v) is 17.9. The number of piperazine rings is 1. The number of anilines is 1. The predicted octanol–water partition coefficient (Wildman–Crippen LogP) is 2.62. The molecule has 0 aliphatic carbocycles. The van der Waals surface area contributed by atoms with Crippen molar-refractivity contribution in [1.29, 1.82) is 0 Å². The summed E-state index contributed by atoms with van der Waals surface area (Å²) in [6.45, 7) is 8.47. The minimum atomic E-state index is 0.149. The van der Waals surface area contributed by atoms with Gasteiger partial charge in [-0.15, -0.1) is 11.3 Å². The third-order valence-corrected chi connectivity index (χ3v) is 7.01. The minimum Gasteiger partial charge on any atom is -0.396 e. The molecule has 0 spiro atoms.